The lowest BCUT2D eigenvalue weighted by Gasteiger charge is -2.32. The van der Waals surface area contributed by atoms with Crippen LogP contribution in [0.5, 0.6) is 0 Å². The number of allylic oxidation sites excluding steroid dienone is 10. The number of fused-ring (bicyclic) bond motifs is 1. The minimum absolute atomic E-state index is 0.123. The number of aryl methyl sites for hydroxylation is 1. The number of aromatic nitrogens is 1. The fourth-order valence-electron chi connectivity index (χ4n) is 4.40. The SMILES string of the molecule is CC1=C(/C=C/C(C)=C/C=C/C(C)=C/C(=O)n2sc3c(c2=O)CCC3)C(C)(C)CCC1. The first-order chi connectivity index (χ1) is 14.2. The van der Waals surface area contributed by atoms with Crippen LogP contribution < -0.4 is 5.56 Å². The van der Waals surface area contributed by atoms with Crippen LogP contribution in [0, 0.1) is 5.41 Å². The molecule has 2 aliphatic carbocycles. The molecule has 3 nitrogen and oxygen atoms in total. The van der Waals surface area contributed by atoms with Gasteiger partial charge in [-0.05, 0) is 75.9 Å². The molecule has 0 spiro atoms. The second-order valence-electron chi connectivity index (χ2n) is 9.21. The second kappa shape index (κ2) is 9.30. The molecule has 1 heterocycles. The van der Waals surface area contributed by atoms with Crippen LogP contribution >= 0.6 is 11.5 Å². The zero-order chi connectivity index (χ0) is 21.9. The number of carbonyl (C=O) groups is 1. The summed E-state index contributed by atoms with van der Waals surface area (Å²) >= 11 is 1.31. The Kier molecular flexibility index (Phi) is 6.97. The summed E-state index contributed by atoms with van der Waals surface area (Å²) in [6, 6.07) is 0. The van der Waals surface area contributed by atoms with Crippen molar-refractivity contribution < 1.29 is 4.79 Å². The van der Waals surface area contributed by atoms with Gasteiger partial charge in [0.1, 0.15) is 0 Å². The van der Waals surface area contributed by atoms with Crippen molar-refractivity contribution in [3.63, 3.8) is 0 Å². The molecule has 0 unspecified atom stereocenters. The number of rotatable bonds is 5. The molecule has 160 valence electrons. The molecule has 0 N–H and O–H groups in total. The highest BCUT2D eigenvalue weighted by molar-refractivity contribution is 7.07. The predicted molar refractivity (Wildman–Crippen MR) is 127 cm³/mol. The maximum absolute atomic E-state index is 12.5. The second-order valence-corrected chi connectivity index (χ2v) is 10.2. The molecule has 0 saturated carbocycles. The van der Waals surface area contributed by atoms with E-state index in [2.05, 4.69) is 45.9 Å². The van der Waals surface area contributed by atoms with E-state index in [9.17, 15) is 9.59 Å². The third-order valence-corrected chi connectivity index (χ3v) is 7.34. The Labute approximate surface area is 184 Å². The van der Waals surface area contributed by atoms with Crippen LogP contribution in [0.3, 0.4) is 0 Å². The van der Waals surface area contributed by atoms with Crippen molar-refractivity contribution in [1.82, 2.24) is 3.96 Å². The first-order valence-electron chi connectivity index (χ1n) is 10.9. The Balaban J connectivity index is 1.65. The molecule has 0 fully saturated rings. The molecule has 0 radical (unpaired) electrons. The summed E-state index contributed by atoms with van der Waals surface area (Å²) in [4.78, 5) is 25.9. The lowest BCUT2D eigenvalue weighted by molar-refractivity contribution is 0.0976. The third kappa shape index (κ3) is 5.10. The van der Waals surface area contributed by atoms with Gasteiger partial charge in [-0.25, -0.2) is 0 Å². The fraction of sp³-hybridized carbons (Fsp3) is 0.462. The van der Waals surface area contributed by atoms with Gasteiger partial charge in [-0.1, -0.05) is 66.9 Å². The third-order valence-electron chi connectivity index (χ3n) is 6.14. The average molecular weight is 424 g/mol. The van der Waals surface area contributed by atoms with Gasteiger partial charge in [-0.2, -0.15) is 3.96 Å². The number of nitrogens with zero attached hydrogens (tertiary/aromatic N) is 1. The highest BCUT2D eigenvalue weighted by Crippen LogP contribution is 2.40. The summed E-state index contributed by atoms with van der Waals surface area (Å²) in [5.41, 5.74) is 5.92. The van der Waals surface area contributed by atoms with Gasteiger partial charge < -0.3 is 0 Å². The lowest BCUT2D eigenvalue weighted by atomic mass is 9.72. The van der Waals surface area contributed by atoms with Crippen LogP contribution in [0.15, 0.2) is 63.5 Å². The number of hydrogen-bond donors (Lipinski definition) is 0. The molecule has 0 saturated heterocycles. The standard InChI is InChI=1S/C26H33NO2S/c1-18(14-15-22-20(3)11-8-16-26(22,4)5)9-6-10-19(2)17-24(28)27-25(29)21-12-7-13-23(21)30-27/h6,9-10,14-15,17H,7-8,11-13,16H2,1-5H3/b10-6+,15-14+,18-9+,19-17+. The molecule has 4 heteroatoms. The van der Waals surface area contributed by atoms with E-state index in [1.165, 1.54) is 45.9 Å². The average Bonchev–Trinajstić information content (AvgIpc) is 3.24. The zero-order valence-corrected chi connectivity index (χ0v) is 19.7. The molecule has 0 aliphatic heterocycles. The topological polar surface area (TPSA) is 39.1 Å². The quantitative estimate of drug-likeness (QED) is 0.397. The van der Waals surface area contributed by atoms with Crippen LogP contribution in [0.4, 0.5) is 0 Å². The maximum Gasteiger partial charge on any atom is 0.271 e. The molecule has 1 aromatic heterocycles. The molecule has 2 aliphatic rings. The number of carbonyl (C=O) groups excluding carboxylic acids is 1. The number of hydrogen-bond acceptors (Lipinski definition) is 3. The van der Waals surface area contributed by atoms with Crippen molar-refractivity contribution in [2.24, 2.45) is 5.41 Å². The van der Waals surface area contributed by atoms with Crippen LogP contribution in [-0.2, 0) is 12.8 Å². The van der Waals surface area contributed by atoms with Crippen LogP contribution in [0.1, 0.15) is 75.5 Å². The van der Waals surface area contributed by atoms with E-state index in [0.717, 1.165) is 40.8 Å². The normalized spacial score (nSPS) is 19.9. The first-order valence-corrected chi connectivity index (χ1v) is 11.7. The summed E-state index contributed by atoms with van der Waals surface area (Å²) in [5, 5.41) is 0. The van der Waals surface area contributed by atoms with E-state index < -0.39 is 0 Å². The monoisotopic (exact) mass is 423 g/mol. The largest absolute Gasteiger partial charge is 0.271 e. The first kappa shape index (κ1) is 22.5. The predicted octanol–water partition coefficient (Wildman–Crippen LogP) is 6.57. The Bertz CT molecular complexity index is 1040. The van der Waals surface area contributed by atoms with Gasteiger partial charge in [0.05, 0.1) is 0 Å². The van der Waals surface area contributed by atoms with Gasteiger partial charge in [0.25, 0.3) is 11.5 Å². The van der Waals surface area contributed by atoms with E-state index in [0.29, 0.717) is 0 Å². The Morgan fingerprint density at radius 2 is 1.83 bits per heavy atom. The van der Waals surface area contributed by atoms with Gasteiger partial charge in [-0.3, -0.25) is 9.59 Å². The van der Waals surface area contributed by atoms with Crippen molar-refractivity contribution in [3.05, 3.63) is 79.5 Å². The van der Waals surface area contributed by atoms with Crippen molar-refractivity contribution in [2.75, 3.05) is 0 Å². The van der Waals surface area contributed by atoms with Crippen LogP contribution in [0.2, 0.25) is 0 Å². The summed E-state index contributed by atoms with van der Waals surface area (Å²) in [6.45, 7) is 10.9. The fourth-order valence-corrected chi connectivity index (χ4v) is 5.49. The van der Waals surface area contributed by atoms with Gasteiger partial charge >= 0.3 is 0 Å². The summed E-state index contributed by atoms with van der Waals surface area (Å²) in [5.74, 6) is -0.246. The van der Waals surface area contributed by atoms with Crippen LogP contribution in [0.25, 0.3) is 0 Å². The highest BCUT2D eigenvalue weighted by atomic mass is 32.1. The van der Waals surface area contributed by atoms with Crippen molar-refractivity contribution in [3.8, 4) is 0 Å². The van der Waals surface area contributed by atoms with Gasteiger partial charge in [0, 0.05) is 16.5 Å². The molecule has 3 rings (SSSR count). The Morgan fingerprint density at radius 3 is 2.53 bits per heavy atom. The van der Waals surface area contributed by atoms with E-state index in [-0.39, 0.29) is 16.9 Å². The smallest absolute Gasteiger partial charge is 0.268 e. The maximum atomic E-state index is 12.5. The van der Waals surface area contributed by atoms with Crippen molar-refractivity contribution >= 4 is 17.4 Å². The van der Waals surface area contributed by atoms with Crippen molar-refractivity contribution in [2.45, 2.75) is 73.1 Å². The van der Waals surface area contributed by atoms with E-state index in [4.69, 9.17) is 0 Å². The molecule has 1 aromatic rings. The van der Waals surface area contributed by atoms with E-state index in [1.807, 2.05) is 19.1 Å². The van der Waals surface area contributed by atoms with Crippen LogP contribution in [-0.4, -0.2) is 9.86 Å². The van der Waals surface area contributed by atoms with Crippen molar-refractivity contribution in [1.29, 1.82) is 0 Å². The molecule has 30 heavy (non-hydrogen) atoms. The molecule has 0 aromatic carbocycles. The Hall–Kier alpha value is -2.20. The molecular weight excluding hydrogens is 390 g/mol. The molecular formula is C26H33NO2S. The highest BCUT2D eigenvalue weighted by Gasteiger charge is 2.26. The van der Waals surface area contributed by atoms with Gasteiger partial charge in [0.15, 0.2) is 0 Å². The molecule has 0 bridgehead atoms. The minimum atomic E-state index is -0.246. The summed E-state index contributed by atoms with van der Waals surface area (Å²) < 4.78 is 1.30. The zero-order valence-electron chi connectivity index (χ0n) is 18.9. The van der Waals surface area contributed by atoms with E-state index >= 15 is 0 Å². The lowest BCUT2D eigenvalue weighted by Crippen LogP contribution is -2.21. The van der Waals surface area contributed by atoms with Gasteiger partial charge in [-0.15, -0.1) is 0 Å². The molecule has 0 atom stereocenters. The summed E-state index contributed by atoms with van der Waals surface area (Å²) in [6.07, 6.45) is 18.4. The Morgan fingerprint density at radius 1 is 1.07 bits per heavy atom. The summed E-state index contributed by atoms with van der Waals surface area (Å²) in [7, 11) is 0. The van der Waals surface area contributed by atoms with E-state index in [1.54, 1.807) is 6.08 Å². The molecule has 0 amide bonds. The minimum Gasteiger partial charge on any atom is -0.268 e. The van der Waals surface area contributed by atoms with Gasteiger partial charge in [0.2, 0.25) is 0 Å².